The van der Waals surface area contributed by atoms with Gasteiger partial charge < -0.3 is 14.6 Å². The van der Waals surface area contributed by atoms with Crippen LogP contribution >= 0.6 is 0 Å². The number of hydrogen-bond donors (Lipinski definition) is 1. The molecule has 0 bridgehead atoms. The van der Waals surface area contributed by atoms with Gasteiger partial charge in [-0.1, -0.05) is 24.3 Å². The highest BCUT2D eigenvalue weighted by molar-refractivity contribution is 5.74. The highest BCUT2D eigenvalue weighted by atomic mass is 19.4. The van der Waals surface area contributed by atoms with Gasteiger partial charge in [0.2, 0.25) is 0 Å². The number of carboxylic acid groups (broad SMARTS) is 1. The Morgan fingerprint density at radius 3 is 2.45 bits per heavy atom. The van der Waals surface area contributed by atoms with Crippen molar-refractivity contribution in [1.82, 2.24) is 4.90 Å². The van der Waals surface area contributed by atoms with Gasteiger partial charge in [-0.25, -0.2) is 0 Å². The normalized spacial score (nSPS) is 18.0. The highest BCUT2D eigenvalue weighted by Gasteiger charge is 2.41. The van der Waals surface area contributed by atoms with E-state index in [9.17, 15) is 23.1 Å². The zero-order chi connectivity index (χ0) is 22.6. The molecule has 0 aliphatic carbocycles. The fraction of sp³-hybridized carbons (Fsp3) is 0.435. The fourth-order valence-electron chi connectivity index (χ4n) is 4.14. The Hall–Kier alpha value is -2.74. The lowest BCUT2D eigenvalue weighted by Crippen LogP contribution is -2.40. The van der Waals surface area contributed by atoms with Gasteiger partial charge in [-0.3, -0.25) is 9.69 Å². The fourth-order valence-corrected chi connectivity index (χ4v) is 4.14. The Labute approximate surface area is 179 Å². The second-order valence-electron chi connectivity index (χ2n) is 7.29. The van der Waals surface area contributed by atoms with E-state index in [4.69, 9.17) is 9.47 Å². The molecule has 0 aromatic heterocycles. The molecule has 1 heterocycles. The van der Waals surface area contributed by atoms with E-state index in [1.54, 1.807) is 36.1 Å². The molecule has 2 aromatic rings. The Morgan fingerprint density at radius 1 is 1.13 bits per heavy atom. The van der Waals surface area contributed by atoms with E-state index in [1.807, 2.05) is 6.92 Å². The largest absolute Gasteiger partial charge is 0.490 e. The summed E-state index contributed by atoms with van der Waals surface area (Å²) < 4.78 is 52.8. The molecule has 2 atom stereocenters. The number of halogens is 3. The van der Waals surface area contributed by atoms with Crippen molar-refractivity contribution >= 4 is 5.97 Å². The molecule has 0 saturated carbocycles. The maximum absolute atomic E-state index is 13.9. The number of hydrogen-bond acceptors (Lipinski definition) is 4. The molecule has 0 spiro atoms. The molecule has 1 aliphatic heterocycles. The van der Waals surface area contributed by atoms with Crippen LogP contribution in [0.1, 0.15) is 49.4 Å². The molecule has 1 N–H and O–H groups in total. The van der Waals surface area contributed by atoms with Crippen LogP contribution in [0, 0.1) is 0 Å². The van der Waals surface area contributed by atoms with E-state index in [2.05, 4.69) is 0 Å². The number of benzene rings is 2. The maximum atomic E-state index is 13.9. The molecule has 1 saturated heterocycles. The van der Waals surface area contributed by atoms with Crippen LogP contribution < -0.4 is 9.47 Å². The van der Waals surface area contributed by atoms with Crippen LogP contribution in [0.3, 0.4) is 0 Å². The number of ether oxygens (including phenoxy) is 2. The lowest BCUT2D eigenvalue weighted by atomic mass is 9.92. The minimum absolute atomic E-state index is 0.0229. The summed E-state index contributed by atoms with van der Waals surface area (Å²) in [5.74, 6) is -0.127. The predicted octanol–water partition coefficient (Wildman–Crippen LogP) is 5.14. The van der Waals surface area contributed by atoms with Crippen molar-refractivity contribution in [3.63, 3.8) is 0 Å². The van der Waals surface area contributed by atoms with Gasteiger partial charge in [0.15, 0.2) is 11.5 Å². The number of carbonyl (C=O) groups is 1. The van der Waals surface area contributed by atoms with Crippen molar-refractivity contribution < 1.29 is 32.5 Å². The van der Waals surface area contributed by atoms with Crippen LogP contribution in [-0.4, -0.2) is 41.8 Å². The molecule has 0 amide bonds. The van der Waals surface area contributed by atoms with E-state index >= 15 is 0 Å². The van der Waals surface area contributed by atoms with Gasteiger partial charge in [-0.2, -0.15) is 13.2 Å². The third-order valence-electron chi connectivity index (χ3n) is 5.35. The van der Waals surface area contributed by atoms with E-state index in [1.165, 1.54) is 12.1 Å². The summed E-state index contributed by atoms with van der Waals surface area (Å²) in [6.45, 7) is 4.78. The molecule has 3 rings (SSSR count). The molecule has 168 valence electrons. The SMILES string of the molecule is CCOc1ccc(C(c2ccccc2C(F)(F)F)N2CCCC2C(=O)O)cc1OCC. The van der Waals surface area contributed by atoms with Crippen LogP contribution in [0.25, 0.3) is 0 Å². The quantitative estimate of drug-likeness (QED) is 0.620. The summed E-state index contributed by atoms with van der Waals surface area (Å²) in [5, 5.41) is 9.70. The summed E-state index contributed by atoms with van der Waals surface area (Å²) in [5.41, 5.74) is -0.227. The monoisotopic (exact) mass is 437 g/mol. The first-order chi connectivity index (χ1) is 14.8. The van der Waals surface area contributed by atoms with Gasteiger partial charge in [0, 0.05) is 6.54 Å². The second-order valence-corrected chi connectivity index (χ2v) is 7.29. The predicted molar refractivity (Wildman–Crippen MR) is 109 cm³/mol. The summed E-state index contributed by atoms with van der Waals surface area (Å²) in [4.78, 5) is 13.5. The highest BCUT2D eigenvalue weighted by Crippen LogP contribution is 2.43. The van der Waals surface area contributed by atoms with Gasteiger partial charge in [0.1, 0.15) is 6.04 Å². The van der Waals surface area contributed by atoms with Crippen molar-refractivity contribution in [2.75, 3.05) is 19.8 Å². The van der Waals surface area contributed by atoms with Crippen molar-refractivity contribution in [3.05, 3.63) is 59.2 Å². The van der Waals surface area contributed by atoms with Crippen LogP contribution in [0.2, 0.25) is 0 Å². The molecule has 2 unspecified atom stereocenters. The minimum Gasteiger partial charge on any atom is -0.490 e. The Balaban J connectivity index is 2.19. The first-order valence-electron chi connectivity index (χ1n) is 10.3. The van der Waals surface area contributed by atoms with Crippen LogP contribution in [0.15, 0.2) is 42.5 Å². The molecule has 0 radical (unpaired) electrons. The summed E-state index contributed by atoms with van der Waals surface area (Å²) in [6.07, 6.45) is -3.59. The summed E-state index contributed by atoms with van der Waals surface area (Å²) in [6, 6.07) is 8.58. The summed E-state index contributed by atoms with van der Waals surface area (Å²) in [7, 11) is 0. The van der Waals surface area contributed by atoms with Crippen LogP contribution in [-0.2, 0) is 11.0 Å². The third kappa shape index (κ3) is 4.95. The topological polar surface area (TPSA) is 59.0 Å². The Morgan fingerprint density at radius 2 is 1.81 bits per heavy atom. The third-order valence-corrected chi connectivity index (χ3v) is 5.35. The van der Waals surface area contributed by atoms with Gasteiger partial charge in [0.25, 0.3) is 0 Å². The molecule has 31 heavy (non-hydrogen) atoms. The standard InChI is InChI=1S/C23H26F3NO4/c1-3-30-19-12-11-15(14-20(19)31-4-2)21(27-13-7-10-18(27)22(28)29)16-8-5-6-9-17(16)23(24,25)26/h5-6,8-9,11-12,14,18,21H,3-4,7,10,13H2,1-2H3,(H,28,29). The Kier molecular flexibility index (Phi) is 7.10. The number of aliphatic carboxylic acids is 1. The number of likely N-dealkylation sites (tertiary alicyclic amines) is 1. The zero-order valence-corrected chi connectivity index (χ0v) is 17.5. The molecule has 8 heteroatoms. The average molecular weight is 437 g/mol. The molecule has 2 aromatic carbocycles. The Bertz CT molecular complexity index is 916. The van der Waals surface area contributed by atoms with Gasteiger partial charge in [-0.05, 0) is 56.0 Å². The number of nitrogens with zero attached hydrogens (tertiary/aromatic N) is 1. The van der Waals surface area contributed by atoms with Crippen LogP contribution in [0.4, 0.5) is 13.2 Å². The summed E-state index contributed by atoms with van der Waals surface area (Å²) >= 11 is 0. The second kappa shape index (κ2) is 9.60. The molecular weight excluding hydrogens is 411 g/mol. The first-order valence-corrected chi connectivity index (χ1v) is 10.3. The average Bonchev–Trinajstić information content (AvgIpc) is 3.20. The van der Waals surface area contributed by atoms with E-state index in [-0.39, 0.29) is 5.56 Å². The molecule has 1 fully saturated rings. The van der Waals surface area contributed by atoms with Crippen molar-refractivity contribution in [1.29, 1.82) is 0 Å². The number of alkyl halides is 3. The van der Waals surface area contributed by atoms with Gasteiger partial charge >= 0.3 is 12.1 Å². The number of rotatable bonds is 8. The van der Waals surface area contributed by atoms with Crippen molar-refractivity contribution in [2.45, 2.75) is 44.9 Å². The van der Waals surface area contributed by atoms with E-state index in [0.29, 0.717) is 49.7 Å². The van der Waals surface area contributed by atoms with Gasteiger partial charge in [-0.15, -0.1) is 0 Å². The van der Waals surface area contributed by atoms with E-state index in [0.717, 1.165) is 6.07 Å². The first kappa shape index (κ1) is 22.9. The van der Waals surface area contributed by atoms with Gasteiger partial charge in [0.05, 0.1) is 24.8 Å². The van der Waals surface area contributed by atoms with Crippen LogP contribution in [0.5, 0.6) is 11.5 Å². The molecule has 1 aliphatic rings. The molecule has 5 nitrogen and oxygen atoms in total. The van der Waals surface area contributed by atoms with E-state index < -0.39 is 29.8 Å². The lowest BCUT2D eigenvalue weighted by molar-refractivity contribution is -0.143. The minimum atomic E-state index is -4.57. The van der Waals surface area contributed by atoms with Crippen molar-refractivity contribution in [2.24, 2.45) is 0 Å². The maximum Gasteiger partial charge on any atom is 0.416 e. The lowest BCUT2D eigenvalue weighted by Gasteiger charge is -2.33. The number of carboxylic acids is 1. The molecular formula is C23H26F3NO4. The smallest absolute Gasteiger partial charge is 0.416 e. The zero-order valence-electron chi connectivity index (χ0n) is 17.5. The van der Waals surface area contributed by atoms with Crippen molar-refractivity contribution in [3.8, 4) is 11.5 Å².